The van der Waals surface area contributed by atoms with Crippen LogP contribution in [-0.2, 0) is 20.8 Å². The minimum absolute atomic E-state index is 0.0290. The zero-order chi connectivity index (χ0) is 27.6. The summed E-state index contributed by atoms with van der Waals surface area (Å²) < 4.78 is 5.22. The summed E-state index contributed by atoms with van der Waals surface area (Å²) in [6.07, 6.45) is 11.1. The quantitative estimate of drug-likeness (QED) is 0.0727. The smallest absolute Gasteiger partial charge is 0.305 e. The maximum Gasteiger partial charge on any atom is 0.305 e. The fraction of sp³-hybridized carbons (Fsp3) is 0.690. The number of unbranched alkanes of at least 4 members (excludes halogenated alkanes) is 4. The van der Waals surface area contributed by atoms with Gasteiger partial charge in [-0.3, -0.25) is 4.79 Å². The molecule has 5 atom stereocenters. The van der Waals surface area contributed by atoms with Gasteiger partial charge in [-0.15, -0.1) is 10.1 Å². The van der Waals surface area contributed by atoms with Gasteiger partial charge in [0.2, 0.25) is 0 Å². The molecule has 1 aromatic carbocycles. The highest BCUT2D eigenvalue weighted by Gasteiger charge is 2.40. The van der Waals surface area contributed by atoms with Gasteiger partial charge in [0.15, 0.2) is 0 Å². The normalized spacial score (nSPS) is 22.0. The van der Waals surface area contributed by atoms with Crippen LogP contribution in [0.15, 0.2) is 42.5 Å². The van der Waals surface area contributed by atoms with Crippen LogP contribution >= 0.6 is 0 Å². The van der Waals surface area contributed by atoms with Crippen LogP contribution in [0.5, 0.6) is 0 Å². The van der Waals surface area contributed by atoms with Gasteiger partial charge in [0.25, 0.3) is 5.09 Å². The largest absolute Gasteiger partial charge is 0.466 e. The molecule has 38 heavy (non-hydrogen) atoms. The van der Waals surface area contributed by atoms with Crippen molar-refractivity contribution in [3.05, 3.63) is 58.2 Å². The summed E-state index contributed by atoms with van der Waals surface area (Å²) >= 11 is 0. The average molecular weight is 536 g/mol. The van der Waals surface area contributed by atoms with Crippen molar-refractivity contribution < 1.29 is 34.8 Å². The van der Waals surface area contributed by atoms with Crippen LogP contribution in [-0.4, -0.2) is 57.9 Å². The van der Waals surface area contributed by atoms with Gasteiger partial charge in [-0.05, 0) is 88.0 Å². The van der Waals surface area contributed by atoms with Crippen LogP contribution in [0.3, 0.4) is 0 Å². The summed E-state index contributed by atoms with van der Waals surface area (Å²) in [7, 11) is 0. The number of allylic oxidation sites excluding steroid dienone is 2. The number of aryl methyl sites for hydroxylation is 1. The third kappa shape index (κ3) is 13.3. The molecule has 214 valence electrons. The summed E-state index contributed by atoms with van der Waals surface area (Å²) in [5, 5.41) is 40.6. The fourth-order valence-corrected chi connectivity index (χ4v) is 5.10. The lowest BCUT2D eigenvalue weighted by Gasteiger charge is -2.23. The summed E-state index contributed by atoms with van der Waals surface area (Å²) in [6, 6.07) is 10.1. The van der Waals surface area contributed by atoms with E-state index in [1.54, 1.807) is 0 Å². The number of carbonyl (C=O) groups excluding carboxylic acids is 1. The molecule has 0 heterocycles. The standard InChI is InChI=1S/C29H45NO8/c31-24(17-16-23-12-6-5-7-13-23)18-19-26-25(27(32)22-28(26)33)14-8-1-2-9-15-29(34)37-20-10-3-4-11-21-38-30(35)36/h1,5-8,12-13,24-28,31-33H,2-4,9-11,14-22H2/b8-1-/t24?,25-,26-,27+,28-/m0/s1. The SMILES string of the molecule is O=C(CCC/C=C\C[C@H]1[C@H](CCC(O)CCc2ccccc2)[C@@H](O)C[C@H]1O)OCCCCCCO[N+](=O)[O-]. The number of hydrogen-bond acceptors (Lipinski definition) is 8. The lowest BCUT2D eigenvalue weighted by atomic mass is 9.85. The molecular weight excluding hydrogens is 490 g/mol. The molecule has 2 rings (SSSR count). The van der Waals surface area contributed by atoms with Crippen molar-refractivity contribution in [2.75, 3.05) is 13.2 Å². The van der Waals surface area contributed by atoms with Gasteiger partial charge in [0, 0.05) is 6.42 Å². The Kier molecular flexibility index (Phi) is 15.6. The third-order valence-corrected chi connectivity index (χ3v) is 7.29. The maximum absolute atomic E-state index is 11.8. The zero-order valence-electron chi connectivity index (χ0n) is 22.4. The first-order valence-electron chi connectivity index (χ1n) is 14.0. The van der Waals surface area contributed by atoms with E-state index < -0.39 is 23.4 Å². The molecule has 1 unspecified atom stereocenters. The number of hydrogen-bond donors (Lipinski definition) is 3. The molecule has 1 saturated carbocycles. The summed E-state index contributed by atoms with van der Waals surface area (Å²) in [6.45, 7) is 0.453. The Morgan fingerprint density at radius 2 is 1.71 bits per heavy atom. The lowest BCUT2D eigenvalue weighted by molar-refractivity contribution is -0.757. The van der Waals surface area contributed by atoms with Crippen LogP contribution in [0.1, 0.15) is 82.6 Å². The minimum Gasteiger partial charge on any atom is -0.466 e. The Labute approximate surface area is 226 Å². The number of ether oxygens (including phenoxy) is 1. The monoisotopic (exact) mass is 535 g/mol. The molecule has 3 N–H and O–H groups in total. The van der Waals surface area contributed by atoms with Crippen LogP contribution in [0.4, 0.5) is 0 Å². The van der Waals surface area contributed by atoms with Gasteiger partial charge in [0.05, 0.1) is 31.5 Å². The average Bonchev–Trinajstić information content (AvgIpc) is 3.17. The van der Waals surface area contributed by atoms with Crippen molar-refractivity contribution in [3.63, 3.8) is 0 Å². The van der Waals surface area contributed by atoms with Crippen LogP contribution in [0.25, 0.3) is 0 Å². The number of aliphatic hydroxyl groups is 3. The van der Waals surface area contributed by atoms with E-state index in [0.29, 0.717) is 58.0 Å². The molecule has 0 aromatic heterocycles. The van der Waals surface area contributed by atoms with Gasteiger partial charge in [-0.2, -0.15) is 0 Å². The molecule has 1 aliphatic rings. The Bertz CT molecular complexity index is 818. The number of nitrogens with zero attached hydrogens (tertiary/aromatic N) is 1. The van der Waals surface area contributed by atoms with Crippen molar-refractivity contribution >= 4 is 5.97 Å². The third-order valence-electron chi connectivity index (χ3n) is 7.29. The number of aliphatic hydroxyl groups excluding tert-OH is 3. The molecule has 0 radical (unpaired) electrons. The van der Waals surface area contributed by atoms with E-state index in [1.807, 2.05) is 30.4 Å². The van der Waals surface area contributed by atoms with Crippen molar-refractivity contribution in [1.29, 1.82) is 0 Å². The van der Waals surface area contributed by atoms with Crippen molar-refractivity contribution in [1.82, 2.24) is 0 Å². The van der Waals surface area contributed by atoms with Gasteiger partial charge in [-0.25, -0.2) is 0 Å². The highest BCUT2D eigenvalue weighted by Crippen LogP contribution is 2.38. The van der Waals surface area contributed by atoms with Crippen molar-refractivity contribution in [2.24, 2.45) is 11.8 Å². The molecule has 1 aliphatic carbocycles. The first-order chi connectivity index (χ1) is 18.4. The van der Waals surface area contributed by atoms with Crippen LogP contribution in [0, 0.1) is 22.0 Å². The highest BCUT2D eigenvalue weighted by atomic mass is 16.9. The van der Waals surface area contributed by atoms with Gasteiger partial charge in [0.1, 0.15) is 0 Å². The molecule has 0 aliphatic heterocycles. The Balaban J connectivity index is 1.55. The molecule has 0 spiro atoms. The van der Waals surface area contributed by atoms with E-state index in [4.69, 9.17) is 4.74 Å². The second-order valence-electron chi connectivity index (χ2n) is 10.2. The zero-order valence-corrected chi connectivity index (χ0v) is 22.4. The minimum atomic E-state index is -0.793. The molecule has 9 nitrogen and oxygen atoms in total. The predicted molar refractivity (Wildman–Crippen MR) is 144 cm³/mol. The number of carbonyl (C=O) groups is 1. The molecule has 1 fully saturated rings. The first-order valence-corrected chi connectivity index (χ1v) is 14.0. The second kappa shape index (κ2) is 18.7. The summed E-state index contributed by atoms with van der Waals surface area (Å²) in [5.74, 6) is -0.287. The maximum atomic E-state index is 11.8. The molecule has 0 bridgehead atoms. The first kappa shape index (κ1) is 31.7. The van der Waals surface area contributed by atoms with E-state index in [2.05, 4.69) is 17.0 Å². The predicted octanol–water partition coefficient (Wildman–Crippen LogP) is 4.55. The molecule has 9 heteroatoms. The van der Waals surface area contributed by atoms with Crippen LogP contribution in [0.2, 0.25) is 0 Å². The van der Waals surface area contributed by atoms with Crippen LogP contribution < -0.4 is 0 Å². The Morgan fingerprint density at radius 3 is 2.45 bits per heavy atom. The van der Waals surface area contributed by atoms with Gasteiger partial charge in [-0.1, -0.05) is 48.9 Å². The van der Waals surface area contributed by atoms with Crippen molar-refractivity contribution in [2.45, 2.75) is 102 Å². The molecule has 0 amide bonds. The Hall–Kier alpha value is -2.49. The number of benzene rings is 1. The number of esters is 1. The van der Waals surface area contributed by atoms with Crippen molar-refractivity contribution in [3.8, 4) is 0 Å². The highest BCUT2D eigenvalue weighted by molar-refractivity contribution is 5.69. The van der Waals surface area contributed by atoms with E-state index >= 15 is 0 Å². The Morgan fingerprint density at radius 1 is 1.00 bits per heavy atom. The fourth-order valence-electron chi connectivity index (χ4n) is 5.10. The second-order valence-corrected chi connectivity index (χ2v) is 10.2. The van der Waals surface area contributed by atoms with Gasteiger partial charge >= 0.3 is 5.97 Å². The topological polar surface area (TPSA) is 139 Å². The number of rotatable bonds is 20. The van der Waals surface area contributed by atoms with E-state index in [9.17, 15) is 30.2 Å². The van der Waals surface area contributed by atoms with E-state index in [-0.39, 0.29) is 24.4 Å². The summed E-state index contributed by atoms with van der Waals surface area (Å²) in [4.78, 5) is 26.1. The lowest BCUT2D eigenvalue weighted by Crippen LogP contribution is -2.23. The molecular formula is C29H45NO8. The summed E-state index contributed by atoms with van der Waals surface area (Å²) in [5.41, 5.74) is 1.20. The molecule has 1 aromatic rings. The van der Waals surface area contributed by atoms with E-state index in [1.165, 1.54) is 5.56 Å². The molecule has 0 saturated heterocycles. The van der Waals surface area contributed by atoms with Gasteiger partial charge < -0.3 is 24.9 Å². The van der Waals surface area contributed by atoms with E-state index in [0.717, 1.165) is 32.1 Å².